The standard InChI is InChI=1S/C12H11BrO4/c1-2-17-12(16)11(15)7-10(14)8-4-3-5-9(13)6-8/h3-7,14H,2H2,1H3/b10-7-. The van der Waals surface area contributed by atoms with Gasteiger partial charge < -0.3 is 9.84 Å². The van der Waals surface area contributed by atoms with E-state index in [-0.39, 0.29) is 12.4 Å². The van der Waals surface area contributed by atoms with E-state index < -0.39 is 11.8 Å². The lowest BCUT2D eigenvalue weighted by molar-refractivity contribution is -0.151. The van der Waals surface area contributed by atoms with E-state index in [4.69, 9.17) is 0 Å². The Bertz CT molecular complexity index is 465. The smallest absolute Gasteiger partial charge is 0.379 e. The monoisotopic (exact) mass is 298 g/mol. The SMILES string of the molecule is CCOC(=O)C(=O)/C=C(\O)c1cccc(Br)c1. The number of hydrogen-bond acceptors (Lipinski definition) is 4. The molecule has 1 aromatic rings. The first-order valence-electron chi connectivity index (χ1n) is 4.92. The molecule has 1 rings (SSSR count). The fourth-order valence-corrected chi connectivity index (χ4v) is 1.52. The van der Waals surface area contributed by atoms with Gasteiger partial charge in [-0.3, -0.25) is 4.79 Å². The Hall–Kier alpha value is -1.62. The maximum atomic E-state index is 11.3. The molecule has 0 atom stereocenters. The van der Waals surface area contributed by atoms with Gasteiger partial charge in [-0.25, -0.2) is 4.79 Å². The molecule has 0 unspecified atom stereocenters. The normalized spacial score (nSPS) is 11.1. The predicted molar refractivity (Wildman–Crippen MR) is 66.4 cm³/mol. The van der Waals surface area contributed by atoms with Crippen molar-refractivity contribution in [3.05, 3.63) is 40.4 Å². The summed E-state index contributed by atoms with van der Waals surface area (Å²) in [6.45, 7) is 1.72. The number of rotatable bonds is 4. The average Bonchev–Trinajstić information content (AvgIpc) is 2.29. The van der Waals surface area contributed by atoms with Crippen LogP contribution in [0.25, 0.3) is 5.76 Å². The molecule has 0 aliphatic carbocycles. The molecule has 0 saturated heterocycles. The highest BCUT2D eigenvalue weighted by Crippen LogP contribution is 2.17. The Balaban J connectivity index is 2.86. The number of ether oxygens (including phenoxy) is 1. The van der Waals surface area contributed by atoms with Crippen LogP contribution < -0.4 is 0 Å². The summed E-state index contributed by atoms with van der Waals surface area (Å²) in [5, 5.41) is 9.64. The molecule has 0 bridgehead atoms. The molecule has 0 aromatic heterocycles. The van der Waals surface area contributed by atoms with Crippen molar-refractivity contribution in [2.24, 2.45) is 0 Å². The Morgan fingerprint density at radius 1 is 1.47 bits per heavy atom. The zero-order chi connectivity index (χ0) is 12.8. The summed E-state index contributed by atoms with van der Waals surface area (Å²) < 4.78 is 5.27. The number of esters is 1. The number of aliphatic hydroxyl groups excluding tert-OH is 1. The molecule has 0 aliphatic rings. The first-order valence-corrected chi connectivity index (χ1v) is 5.71. The van der Waals surface area contributed by atoms with Crippen molar-refractivity contribution in [2.45, 2.75) is 6.92 Å². The van der Waals surface area contributed by atoms with Crippen molar-refractivity contribution in [1.82, 2.24) is 0 Å². The summed E-state index contributed by atoms with van der Waals surface area (Å²) in [5.74, 6) is -2.14. The first kappa shape index (κ1) is 13.4. The van der Waals surface area contributed by atoms with E-state index in [9.17, 15) is 14.7 Å². The van der Waals surface area contributed by atoms with Gasteiger partial charge in [-0.1, -0.05) is 28.1 Å². The fraction of sp³-hybridized carbons (Fsp3) is 0.167. The minimum absolute atomic E-state index is 0.121. The number of ketones is 1. The van der Waals surface area contributed by atoms with E-state index in [1.54, 1.807) is 31.2 Å². The van der Waals surface area contributed by atoms with Crippen LogP contribution in [0.5, 0.6) is 0 Å². The molecule has 0 spiro atoms. The van der Waals surface area contributed by atoms with Crippen LogP contribution in [-0.2, 0) is 14.3 Å². The molecule has 90 valence electrons. The van der Waals surface area contributed by atoms with E-state index in [1.807, 2.05) is 0 Å². The van der Waals surface area contributed by atoms with Gasteiger partial charge in [-0.15, -0.1) is 0 Å². The summed E-state index contributed by atoms with van der Waals surface area (Å²) in [6.07, 6.45) is 0.847. The summed E-state index contributed by atoms with van der Waals surface area (Å²) in [5.41, 5.74) is 0.442. The van der Waals surface area contributed by atoms with Crippen LogP contribution in [0, 0.1) is 0 Å². The van der Waals surface area contributed by atoms with Crippen LogP contribution in [-0.4, -0.2) is 23.5 Å². The third kappa shape index (κ3) is 4.03. The maximum absolute atomic E-state index is 11.3. The van der Waals surface area contributed by atoms with Crippen LogP contribution >= 0.6 is 15.9 Å². The Labute approximate surface area is 107 Å². The van der Waals surface area contributed by atoms with Crippen LogP contribution in [0.15, 0.2) is 34.8 Å². The second-order valence-corrected chi connectivity index (χ2v) is 4.04. The lowest BCUT2D eigenvalue weighted by Crippen LogP contribution is -2.15. The van der Waals surface area contributed by atoms with E-state index >= 15 is 0 Å². The molecule has 0 aliphatic heterocycles. The topological polar surface area (TPSA) is 63.6 Å². The van der Waals surface area contributed by atoms with E-state index in [0.29, 0.717) is 5.56 Å². The number of carbonyl (C=O) groups is 2. The largest absolute Gasteiger partial charge is 0.507 e. The van der Waals surface area contributed by atoms with Crippen molar-refractivity contribution in [3.8, 4) is 0 Å². The van der Waals surface area contributed by atoms with Crippen molar-refractivity contribution in [3.63, 3.8) is 0 Å². The molecule has 1 N–H and O–H groups in total. The fourth-order valence-electron chi connectivity index (χ4n) is 1.12. The number of carbonyl (C=O) groups excluding carboxylic acids is 2. The minimum atomic E-state index is -0.978. The Kier molecular flexibility index (Phi) is 4.90. The molecule has 17 heavy (non-hydrogen) atoms. The molecule has 0 fully saturated rings. The van der Waals surface area contributed by atoms with Crippen molar-refractivity contribution in [2.75, 3.05) is 6.61 Å². The second kappa shape index (κ2) is 6.20. The van der Waals surface area contributed by atoms with Crippen molar-refractivity contribution < 1.29 is 19.4 Å². The predicted octanol–water partition coefficient (Wildman–Crippen LogP) is 2.48. The quantitative estimate of drug-likeness (QED) is 0.401. The van der Waals surface area contributed by atoms with Gasteiger partial charge in [0.05, 0.1) is 6.61 Å². The third-order valence-electron chi connectivity index (χ3n) is 1.86. The van der Waals surface area contributed by atoms with Crippen LogP contribution in [0.3, 0.4) is 0 Å². The van der Waals surface area contributed by atoms with E-state index in [1.165, 1.54) is 0 Å². The third-order valence-corrected chi connectivity index (χ3v) is 2.36. The maximum Gasteiger partial charge on any atom is 0.379 e. The van der Waals surface area contributed by atoms with Crippen LogP contribution in [0.1, 0.15) is 12.5 Å². The lowest BCUT2D eigenvalue weighted by atomic mass is 10.1. The van der Waals surface area contributed by atoms with Gasteiger partial charge in [0.1, 0.15) is 5.76 Å². The van der Waals surface area contributed by atoms with Crippen molar-refractivity contribution in [1.29, 1.82) is 0 Å². The molecule has 0 radical (unpaired) electrons. The molecule has 0 heterocycles. The zero-order valence-electron chi connectivity index (χ0n) is 9.14. The summed E-state index contributed by atoms with van der Waals surface area (Å²) in [4.78, 5) is 22.3. The highest BCUT2D eigenvalue weighted by molar-refractivity contribution is 9.10. The molecular weight excluding hydrogens is 288 g/mol. The van der Waals surface area contributed by atoms with Crippen molar-refractivity contribution >= 4 is 33.4 Å². The summed E-state index contributed by atoms with van der Waals surface area (Å²) in [7, 11) is 0. The van der Waals surface area contributed by atoms with Crippen LogP contribution in [0.4, 0.5) is 0 Å². The highest BCUT2D eigenvalue weighted by Gasteiger charge is 2.13. The van der Waals surface area contributed by atoms with Gasteiger partial charge in [0.15, 0.2) is 0 Å². The van der Waals surface area contributed by atoms with Gasteiger partial charge in [-0.2, -0.15) is 0 Å². The number of aliphatic hydroxyl groups is 1. The van der Waals surface area contributed by atoms with Gasteiger partial charge in [0.2, 0.25) is 0 Å². The molecule has 0 amide bonds. The molecule has 5 heteroatoms. The summed E-state index contributed by atoms with van der Waals surface area (Å²) in [6, 6.07) is 6.74. The minimum Gasteiger partial charge on any atom is -0.507 e. The lowest BCUT2D eigenvalue weighted by Gasteiger charge is -2.01. The number of halogens is 1. The van der Waals surface area contributed by atoms with Gasteiger partial charge in [0.25, 0.3) is 5.78 Å². The average molecular weight is 299 g/mol. The van der Waals surface area contributed by atoms with Crippen LogP contribution in [0.2, 0.25) is 0 Å². The Morgan fingerprint density at radius 2 is 2.18 bits per heavy atom. The molecular formula is C12H11BrO4. The summed E-state index contributed by atoms with van der Waals surface area (Å²) >= 11 is 3.24. The highest BCUT2D eigenvalue weighted by atomic mass is 79.9. The van der Waals surface area contributed by atoms with Gasteiger partial charge in [-0.05, 0) is 19.1 Å². The van der Waals surface area contributed by atoms with E-state index in [2.05, 4.69) is 20.7 Å². The Morgan fingerprint density at radius 3 is 2.76 bits per heavy atom. The van der Waals surface area contributed by atoms with E-state index in [0.717, 1.165) is 10.5 Å². The molecule has 1 aromatic carbocycles. The zero-order valence-corrected chi connectivity index (χ0v) is 10.7. The molecule has 0 saturated carbocycles. The first-order chi connectivity index (χ1) is 8.04. The van der Waals surface area contributed by atoms with Gasteiger partial charge >= 0.3 is 5.97 Å². The van der Waals surface area contributed by atoms with Gasteiger partial charge in [0, 0.05) is 16.1 Å². The molecule has 4 nitrogen and oxygen atoms in total. The second-order valence-electron chi connectivity index (χ2n) is 3.12. The number of benzene rings is 1. The number of hydrogen-bond donors (Lipinski definition) is 1.